The maximum Gasteiger partial charge on any atom is 0.269 e. The van der Waals surface area contributed by atoms with Gasteiger partial charge in [0, 0.05) is 43.5 Å². The first-order valence-corrected chi connectivity index (χ1v) is 8.05. The van der Waals surface area contributed by atoms with Gasteiger partial charge in [0.15, 0.2) is 5.82 Å². The summed E-state index contributed by atoms with van der Waals surface area (Å²) in [5, 5.41) is 11.5. The average Bonchev–Trinajstić information content (AvgIpc) is 3.16. The third-order valence-electron chi connectivity index (χ3n) is 4.20. The Morgan fingerprint density at radius 2 is 2.00 bits per heavy atom. The Morgan fingerprint density at radius 3 is 2.68 bits per heavy atom. The van der Waals surface area contributed by atoms with Gasteiger partial charge >= 0.3 is 0 Å². The fourth-order valence-corrected chi connectivity index (χ4v) is 2.77. The van der Waals surface area contributed by atoms with E-state index in [4.69, 9.17) is 0 Å². The van der Waals surface area contributed by atoms with Crippen molar-refractivity contribution in [3.63, 3.8) is 0 Å². The number of nitrogens with one attached hydrogen (secondary N) is 2. The molecule has 3 aromatic rings. The Morgan fingerprint density at radius 1 is 1.16 bits per heavy atom. The number of amides is 1. The number of hydrogen-bond acceptors (Lipinski definition) is 6. The van der Waals surface area contributed by atoms with Crippen LogP contribution in [-0.2, 0) is 0 Å². The number of H-pyrrole nitrogens is 1. The molecule has 8 nitrogen and oxygen atoms in total. The van der Waals surface area contributed by atoms with Gasteiger partial charge in [0.2, 0.25) is 0 Å². The van der Waals surface area contributed by atoms with E-state index in [1.807, 2.05) is 24.3 Å². The summed E-state index contributed by atoms with van der Waals surface area (Å²) >= 11 is 0. The number of aromatic nitrogens is 5. The van der Waals surface area contributed by atoms with Crippen molar-refractivity contribution in [1.82, 2.24) is 30.5 Å². The summed E-state index contributed by atoms with van der Waals surface area (Å²) in [5.74, 6) is 1.14. The number of carbonyl (C=O) groups is 1. The molecule has 126 valence electrons. The van der Waals surface area contributed by atoms with Crippen LogP contribution in [-0.4, -0.2) is 50.7 Å². The molecule has 0 bridgehead atoms. The topological polar surface area (TPSA) is 99.7 Å². The van der Waals surface area contributed by atoms with Crippen molar-refractivity contribution in [2.75, 3.05) is 24.5 Å². The van der Waals surface area contributed by atoms with Crippen molar-refractivity contribution in [2.24, 2.45) is 5.92 Å². The number of anilines is 1. The highest BCUT2D eigenvalue weighted by Gasteiger charge is 2.28. The first-order chi connectivity index (χ1) is 12.3. The van der Waals surface area contributed by atoms with Crippen LogP contribution >= 0.6 is 0 Å². The first kappa shape index (κ1) is 15.3. The highest BCUT2D eigenvalue weighted by molar-refractivity contribution is 5.91. The van der Waals surface area contributed by atoms with Crippen LogP contribution in [0.5, 0.6) is 0 Å². The maximum atomic E-state index is 11.9. The second-order valence-corrected chi connectivity index (χ2v) is 5.96. The molecule has 4 rings (SSSR count). The van der Waals surface area contributed by atoms with Gasteiger partial charge in [0.25, 0.3) is 5.91 Å². The van der Waals surface area contributed by atoms with Crippen LogP contribution in [0.15, 0.2) is 49.2 Å². The number of pyridine rings is 1. The third kappa shape index (κ3) is 3.32. The summed E-state index contributed by atoms with van der Waals surface area (Å²) < 4.78 is 0. The minimum absolute atomic E-state index is 0.127. The highest BCUT2D eigenvalue weighted by atomic mass is 16.1. The van der Waals surface area contributed by atoms with Gasteiger partial charge in [-0.05, 0) is 24.3 Å². The van der Waals surface area contributed by atoms with Crippen molar-refractivity contribution in [1.29, 1.82) is 0 Å². The number of carbonyl (C=O) groups excluding carboxylic acids is 1. The predicted octanol–water partition coefficient (Wildman–Crippen LogP) is 1.13. The van der Waals surface area contributed by atoms with Gasteiger partial charge in [-0.1, -0.05) is 0 Å². The van der Waals surface area contributed by atoms with E-state index in [0.717, 1.165) is 30.2 Å². The molecule has 3 aromatic heterocycles. The Hall–Kier alpha value is -3.29. The quantitative estimate of drug-likeness (QED) is 0.725. The Balaban J connectivity index is 1.28. The minimum atomic E-state index is -0.127. The summed E-state index contributed by atoms with van der Waals surface area (Å²) in [4.78, 5) is 24.6. The summed E-state index contributed by atoms with van der Waals surface area (Å²) in [6.07, 6.45) is 6.49. The molecule has 0 unspecified atom stereocenters. The van der Waals surface area contributed by atoms with Crippen LogP contribution < -0.4 is 10.2 Å². The lowest BCUT2D eigenvalue weighted by Crippen LogP contribution is -2.52. The molecule has 0 saturated carbocycles. The van der Waals surface area contributed by atoms with E-state index in [1.165, 1.54) is 12.5 Å². The molecule has 2 N–H and O–H groups in total. The maximum absolute atomic E-state index is 11.9. The zero-order valence-corrected chi connectivity index (χ0v) is 13.5. The van der Waals surface area contributed by atoms with E-state index in [1.54, 1.807) is 12.4 Å². The van der Waals surface area contributed by atoms with Crippen LogP contribution in [0.3, 0.4) is 0 Å². The smallest absolute Gasteiger partial charge is 0.269 e. The van der Waals surface area contributed by atoms with Crippen LogP contribution in [0, 0.1) is 5.92 Å². The lowest BCUT2D eigenvalue weighted by Gasteiger charge is -2.39. The molecule has 0 aliphatic carbocycles. The Bertz CT molecular complexity index is 827. The van der Waals surface area contributed by atoms with Crippen molar-refractivity contribution in [3.8, 4) is 11.3 Å². The highest BCUT2D eigenvalue weighted by Crippen LogP contribution is 2.23. The first-order valence-electron chi connectivity index (χ1n) is 8.05. The Kier molecular flexibility index (Phi) is 4.07. The number of aromatic amines is 1. The summed E-state index contributed by atoms with van der Waals surface area (Å²) in [5.41, 5.74) is 2.31. The molecule has 0 atom stereocenters. The standard InChI is InChI=1S/C17H17N7O/c25-17(15-8-19-11-21-15)20-7-12-9-24(10-12)16-2-1-14(22-23-16)13-3-5-18-6-4-13/h1-6,8,11-12H,7,9-10H2,(H,19,21)(H,20,25). The van der Waals surface area contributed by atoms with Crippen molar-refractivity contribution >= 4 is 11.7 Å². The van der Waals surface area contributed by atoms with E-state index in [9.17, 15) is 4.79 Å². The van der Waals surface area contributed by atoms with Crippen LogP contribution in [0.4, 0.5) is 5.82 Å². The second kappa shape index (κ2) is 6.68. The molecular weight excluding hydrogens is 318 g/mol. The largest absolute Gasteiger partial charge is 0.354 e. The molecule has 0 radical (unpaired) electrons. The monoisotopic (exact) mass is 335 g/mol. The van der Waals surface area contributed by atoms with E-state index in [0.29, 0.717) is 18.2 Å². The van der Waals surface area contributed by atoms with E-state index < -0.39 is 0 Å². The molecule has 4 heterocycles. The fourth-order valence-electron chi connectivity index (χ4n) is 2.77. The van der Waals surface area contributed by atoms with Gasteiger partial charge in [-0.3, -0.25) is 9.78 Å². The molecule has 1 fully saturated rings. The number of nitrogens with zero attached hydrogens (tertiary/aromatic N) is 5. The number of rotatable bonds is 5. The molecule has 1 aliphatic rings. The molecule has 1 saturated heterocycles. The molecule has 1 aliphatic heterocycles. The average molecular weight is 335 g/mol. The molecule has 0 spiro atoms. The molecule has 8 heteroatoms. The SMILES string of the molecule is O=C(NCC1CN(c2ccc(-c3ccncc3)nn2)C1)c1cnc[nH]1. The third-order valence-corrected chi connectivity index (χ3v) is 4.20. The normalized spacial score (nSPS) is 14.2. The predicted molar refractivity (Wildman–Crippen MR) is 91.9 cm³/mol. The van der Waals surface area contributed by atoms with E-state index in [2.05, 4.69) is 35.4 Å². The van der Waals surface area contributed by atoms with Crippen molar-refractivity contribution in [3.05, 3.63) is 54.9 Å². The van der Waals surface area contributed by atoms with Crippen molar-refractivity contribution in [2.45, 2.75) is 0 Å². The molecule has 0 aromatic carbocycles. The van der Waals surface area contributed by atoms with Gasteiger partial charge in [-0.15, -0.1) is 10.2 Å². The van der Waals surface area contributed by atoms with Crippen molar-refractivity contribution < 1.29 is 4.79 Å². The van der Waals surface area contributed by atoms with Gasteiger partial charge in [-0.2, -0.15) is 0 Å². The zero-order valence-electron chi connectivity index (χ0n) is 13.5. The molecule has 1 amide bonds. The van der Waals surface area contributed by atoms with Crippen LogP contribution in [0.25, 0.3) is 11.3 Å². The number of hydrogen-bond donors (Lipinski definition) is 2. The molecular formula is C17H17N7O. The lowest BCUT2D eigenvalue weighted by atomic mass is 10.00. The second-order valence-electron chi connectivity index (χ2n) is 5.96. The van der Waals surface area contributed by atoms with E-state index >= 15 is 0 Å². The zero-order chi connectivity index (χ0) is 17.1. The Labute approximate surface area is 144 Å². The summed E-state index contributed by atoms with van der Waals surface area (Å²) in [6.45, 7) is 2.34. The van der Waals surface area contributed by atoms with Gasteiger partial charge < -0.3 is 15.2 Å². The van der Waals surface area contributed by atoms with Gasteiger partial charge in [0.1, 0.15) is 5.69 Å². The lowest BCUT2D eigenvalue weighted by molar-refractivity contribution is 0.0940. The summed E-state index contributed by atoms with van der Waals surface area (Å²) in [6, 6.07) is 7.75. The molecule has 25 heavy (non-hydrogen) atoms. The minimum Gasteiger partial charge on any atom is -0.354 e. The van der Waals surface area contributed by atoms with E-state index in [-0.39, 0.29) is 5.91 Å². The van der Waals surface area contributed by atoms with Gasteiger partial charge in [-0.25, -0.2) is 4.98 Å². The summed E-state index contributed by atoms with van der Waals surface area (Å²) in [7, 11) is 0. The van der Waals surface area contributed by atoms with Gasteiger partial charge in [0.05, 0.1) is 18.2 Å². The number of imidazole rings is 1. The van der Waals surface area contributed by atoms with Crippen LogP contribution in [0.1, 0.15) is 10.5 Å². The fraction of sp³-hybridized carbons (Fsp3) is 0.235. The van der Waals surface area contributed by atoms with Crippen LogP contribution in [0.2, 0.25) is 0 Å².